The smallest absolute Gasteiger partial charge is 0.276 e. The Morgan fingerprint density at radius 2 is 2.00 bits per heavy atom. The van der Waals surface area contributed by atoms with Gasteiger partial charge >= 0.3 is 0 Å². The Labute approximate surface area is 219 Å². The molecule has 0 saturated heterocycles. The minimum Gasteiger partial charge on any atom is -0.494 e. The number of ether oxygens (including phenoxy) is 2. The van der Waals surface area contributed by atoms with Gasteiger partial charge in [-0.2, -0.15) is 0 Å². The van der Waals surface area contributed by atoms with Gasteiger partial charge in [-0.05, 0) is 66.8 Å². The maximum atomic E-state index is 13.7. The molecule has 1 N–H and O–H groups in total. The van der Waals surface area contributed by atoms with E-state index in [9.17, 15) is 9.59 Å². The topological polar surface area (TPSA) is 107 Å². The summed E-state index contributed by atoms with van der Waals surface area (Å²) >= 11 is 0. The van der Waals surface area contributed by atoms with Crippen LogP contribution in [-0.4, -0.2) is 46.4 Å². The molecule has 7 rings (SSSR count). The molecule has 2 aromatic heterocycles. The van der Waals surface area contributed by atoms with E-state index in [1.807, 2.05) is 47.4 Å². The molecular weight excluding hydrogens is 484 g/mol. The van der Waals surface area contributed by atoms with Crippen LogP contribution in [0, 0.1) is 6.92 Å². The van der Waals surface area contributed by atoms with Crippen molar-refractivity contribution in [3.05, 3.63) is 101 Å². The van der Waals surface area contributed by atoms with Crippen LogP contribution in [0.4, 0.5) is 0 Å². The number of oxazole rings is 1. The van der Waals surface area contributed by atoms with E-state index in [1.54, 1.807) is 19.2 Å². The molecule has 1 atom stereocenters. The molecule has 0 spiro atoms. The van der Waals surface area contributed by atoms with Gasteiger partial charge in [0.1, 0.15) is 23.0 Å². The summed E-state index contributed by atoms with van der Waals surface area (Å²) in [4.78, 5) is 36.4. The fourth-order valence-electron chi connectivity index (χ4n) is 4.97. The SMILES string of the molecule is Cc1ocnc1C(=O)N1CCc2cc3ccc2C1c1cccc(c1)OCCCNC(=O)c1cncc(c1)O3. The summed E-state index contributed by atoms with van der Waals surface area (Å²) in [6.07, 6.45) is 5.67. The Hall–Kier alpha value is -4.66. The van der Waals surface area contributed by atoms with Gasteiger partial charge < -0.3 is 24.1 Å². The van der Waals surface area contributed by atoms with Gasteiger partial charge in [-0.15, -0.1) is 0 Å². The highest BCUT2D eigenvalue weighted by Gasteiger charge is 2.35. The lowest BCUT2D eigenvalue weighted by Gasteiger charge is -2.37. The third kappa shape index (κ3) is 4.58. The number of hydrogen-bond acceptors (Lipinski definition) is 7. The maximum absolute atomic E-state index is 13.7. The van der Waals surface area contributed by atoms with Gasteiger partial charge in [-0.25, -0.2) is 4.98 Å². The van der Waals surface area contributed by atoms with Crippen molar-refractivity contribution in [2.75, 3.05) is 19.7 Å². The van der Waals surface area contributed by atoms with Crippen LogP contribution in [0.25, 0.3) is 0 Å². The molecule has 9 heteroatoms. The number of pyridine rings is 1. The molecule has 0 aliphatic carbocycles. The maximum Gasteiger partial charge on any atom is 0.276 e. The predicted octanol–water partition coefficient (Wildman–Crippen LogP) is 4.47. The second-order valence-corrected chi connectivity index (χ2v) is 9.31. The van der Waals surface area contributed by atoms with Crippen LogP contribution in [0.2, 0.25) is 0 Å². The fraction of sp³-hybridized carbons (Fsp3) is 0.241. The summed E-state index contributed by atoms with van der Waals surface area (Å²) in [5.41, 5.74) is 3.74. The van der Waals surface area contributed by atoms with E-state index in [0.717, 1.165) is 16.7 Å². The van der Waals surface area contributed by atoms with E-state index < -0.39 is 0 Å². The zero-order chi connectivity index (χ0) is 26.1. The third-order valence-electron chi connectivity index (χ3n) is 6.81. The molecule has 0 radical (unpaired) electrons. The van der Waals surface area contributed by atoms with Gasteiger partial charge in [0.05, 0.1) is 24.4 Å². The zero-order valence-corrected chi connectivity index (χ0v) is 20.8. The average Bonchev–Trinajstić information content (AvgIpc) is 3.37. The number of fused-ring (bicyclic) bond motifs is 6. The normalized spacial score (nSPS) is 17.0. The lowest BCUT2D eigenvalue weighted by molar-refractivity contribution is 0.0687. The number of benzene rings is 2. The van der Waals surface area contributed by atoms with Crippen LogP contribution in [0.5, 0.6) is 17.2 Å². The molecule has 0 saturated carbocycles. The number of aromatic nitrogens is 2. The Balaban J connectivity index is 1.43. The molecule has 8 bridgehead atoms. The Bertz CT molecular complexity index is 1510. The van der Waals surface area contributed by atoms with Gasteiger partial charge in [0.15, 0.2) is 12.1 Å². The van der Waals surface area contributed by atoms with Crippen molar-refractivity contribution in [2.24, 2.45) is 0 Å². The van der Waals surface area contributed by atoms with Crippen molar-refractivity contribution < 1.29 is 23.5 Å². The third-order valence-corrected chi connectivity index (χ3v) is 6.81. The first kappa shape index (κ1) is 23.7. The first-order valence-corrected chi connectivity index (χ1v) is 12.5. The molecule has 4 aromatic rings. The summed E-state index contributed by atoms with van der Waals surface area (Å²) in [7, 11) is 0. The predicted molar refractivity (Wildman–Crippen MR) is 137 cm³/mol. The standard InChI is InChI=1S/C29H26N4O5/c1-18-26(32-17-37-18)29(35)33-10-8-19-12-23-6-7-25(19)27(33)20-4-2-5-22(13-20)36-11-3-9-31-28(34)21-14-24(38-23)16-30-15-21/h2,4-7,12-17,27H,3,8-11H2,1H3,(H,31,34). The van der Waals surface area contributed by atoms with Crippen LogP contribution < -0.4 is 14.8 Å². The summed E-state index contributed by atoms with van der Waals surface area (Å²) in [5, 5.41) is 2.90. The van der Waals surface area contributed by atoms with Gasteiger partial charge in [-0.1, -0.05) is 18.2 Å². The first-order chi connectivity index (χ1) is 18.6. The fourth-order valence-corrected chi connectivity index (χ4v) is 4.97. The Morgan fingerprint density at radius 1 is 1.08 bits per heavy atom. The Morgan fingerprint density at radius 3 is 2.87 bits per heavy atom. The van der Waals surface area contributed by atoms with Crippen LogP contribution >= 0.6 is 0 Å². The number of carbonyl (C=O) groups excluding carboxylic acids is 2. The second-order valence-electron chi connectivity index (χ2n) is 9.31. The van der Waals surface area contributed by atoms with Gasteiger partial charge in [0.2, 0.25) is 0 Å². The molecule has 2 aromatic carbocycles. The number of rotatable bonds is 1. The van der Waals surface area contributed by atoms with Crippen LogP contribution in [0.1, 0.15) is 55.8 Å². The summed E-state index contributed by atoms with van der Waals surface area (Å²) in [6.45, 7) is 3.12. The van der Waals surface area contributed by atoms with E-state index in [4.69, 9.17) is 13.9 Å². The van der Waals surface area contributed by atoms with E-state index in [-0.39, 0.29) is 17.9 Å². The van der Waals surface area contributed by atoms with Crippen molar-refractivity contribution in [3.63, 3.8) is 0 Å². The highest BCUT2D eigenvalue weighted by atomic mass is 16.5. The van der Waals surface area contributed by atoms with Crippen LogP contribution in [-0.2, 0) is 6.42 Å². The number of nitrogens with one attached hydrogen (secondary N) is 1. The van der Waals surface area contributed by atoms with Crippen molar-refractivity contribution in [3.8, 4) is 17.2 Å². The van der Waals surface area contributed by atoms with E-state index >= 15 is 0 Å². The van der Waals surface area contributed by atoms with Gasteiger partial charge in [-0.3, -0.25) is 14.6 Å². The van der Waals surface area contributed by atoms with E-state index in [2.05, 4.69) is 15.3 Å². The van der Waals surface area contributed by atoms with E-state index in [0.29, 0.717) is 66.8 Å². The second kappa shape index (κ2) is 10.0. The zero-order valence-electron chi connectivity index (χ0n) is 20.8. The molecule has 3 aliphatic rings. The molecule has 5 heterocycles. The largest absolute Gasteiger partial charge is 0.494 e. The molecule has 9 nitrogen and oxygen atoms in total. The van der Waals surface area contributed by atoms with Crippen LogP contribution in [0.3, 0.4) is 0 Å². The van der Waals surface area contributed by atoms with Crippen molar-refractivity contribution in [1.29, 1.82) is 0 Å². The minimum absolute atomic E-state index is 0.181. The van der Waals surface area contributed by atoms with Gasteiger partial charge in [0, 0.05) is 19.3 Å². The highest BCUT2D eigenvalue weighted by molar-refractivity contribution is 5.94. The molecule has 1 unspecified atom stereocenters. The molecule has 2 amide bonds. The average molecular weight is 511 g/mol. The summed E-state index contributed by atoms with van der Waals surface area (Å²) < 4.78 is 17.4. The summed E-state index contributed by atoms with van der Waals surface area (Å²) in [5.74, 6) is 1.90. The first-order valence-electron chi connectivity index (χ1n) is 12.5. The van der Waals surface area contributed by atoms with Crippen LogP contribution in [0.15, 0.2) is 71.7 Å². The highest BCUT2D eigenvalue weighted by Crippen LogP contribution is 2.39. The monoisotopic (exact) mass is 510 g/mol. The number of carbonyl (C=O) groups is 2. The minimum atomic E-state index is -0.344. The lowest BCUT2D eigenvalue weighted by Crippen LogP contribution is -2.41. The van der Waals surface area contributed by atoms with Gasteiger partial charge in [0.25, 0.3) is 11.8 Å². The molecule has 0 fully saturated rings. The van der Waals surface area contributed by atoms with E-state index in [1.165, 1.54) is 12.6 Å². The van der Waals surface area contributed by atoms with Crippen molar-refractivity contribution in [2.45, 2.75) is 25.8 Å². The molecule has 192 valence electrons. The lowest BCUT2D eigenvalue weighted by atomic mass is 9.87. The molecular formula is C29H26N4O5. The summed E-state index contributed by atoms with van der Waals surface area (Å²) in [6, 6.07) is 15.0. The molecule has 38 heavy (non-hydrogen) atoms. The van der Waals surface area contributed by atoms with Crippen molar-refractivity contribution in [1.82, 2.24) is 20.2 Å². The number of hydrogen-bond donors (Lipinski definition) is 1. The number of nitrogens with zero attached hydrogens (tertiary/aromatic N) is 3. The number of amides is 2. The quantitative estimate of drug-likeness (QED) is 0.403. The molecule has 3 aliphatic heterocycles. The number of aryl methyl sites for hydroxylation is 1. The van der Waals surface area contributed by atoms with Crippen molar-refractivity contribution >= 4 is 11.8 Å². The Kier molecular flexibility index (Phi) is 6.25.